The molecule has 0 atom stereocenters. The molecule has 0 radical (unpaired) electrons. The van der Waals surface area contributed by atoms with Crippen LogP contribution < -0.4 is 9.47 Å². The number of hydrogen-bond donors (Lipinski definition) is 1. The van der Waals surface area contributed by atoms with Crippen molar-refractivity contribution in [1.82, 2.24) is 0 Å². The summed E-state index contributed by atoms with van der Waals surface area (Å²) in [6.45, 7) is 3.30. The fraction of sp³-hybridized carbons (Fsp3) is 0.538. The lowest BCUT2D eigenvalue weighted by molar-refractivity contribution is 0.145. The van der Waals surface area contributed by atoms with Crippen molar-refractivity contribution in [1.29, 1.82) is 0 Å². The number of benzene rings is 1. The Morgan fingerprint density at radius 3 is 2.69 bits per heavy atom. The number of rotatable bonds is 2. The van der Waals surface area contributed by atoms with E-state index in [1.165, 1.54) is 0 Å². The van der Waals surface area contributed by atoms with E-state index in [0.717, 1.165) is 41.9 Å². The molecule has 3 heteroatoms. The summed E-state index contributed by atoms with van der Waals surface area (Å²) in [5.41, 5.74) is 1.54. The lowest BCUT2D eigenvalue weighted by Crippen LogP contribution is -2.18. The van der Waals surface area contributed by atoms with Gasteiger partial charge >= 0.3 is 0 Å². The minimum atomic E-state index is -0.596. The number of hydrogen-bond acceptors (Lipinski definition) is 3. The Balaban J connectivity index is 2.12. The molecule has 1 aliphatic carbocycles. The first kappa shape index (κ1) is 9.97. The highest BCUT2D eigenvalue weighted by molar-refractivity contribution is 5.54. The highest BCUT2D eigenvalue weighted by atomic mass is 16.6. The number of ether oxygens (including phenoxy) is 2. The van der Waals surface area contributed by atoms with Gasteiger partial charge in [-0.1, -0.05) is 13.0 Å². The summed E-state index contributed by atoms with van der Waals surface area (Å²) in [7, 11) is 0. The van der Waals surface area contributed by atoms with Crippen LogP contribution in [0.3, 0.4) is 0 Å². The summed E-state index contributed by atoms with van der Waals surface area (Å²) in [4.78, 5) is 0. The summed E-state index contributed by atoms with van der Waals surface area (Å²) >= 11 is 0. The zero-order valence-electron chi connectivity index (χ0n) is 9.45. The molecule has 0 unspecified atom stereocenters. The largest absolute Gasteiger partial charge is 0.486 e. The van der Waals surface area contributed by atoms with Crippen molar-refractivity contribution < 1.29 is 14.6 Å². The molecule has 1 aromatic carbocycles. The molecule has 3 nitrogen and oxygen atoms in total. The SMILES string of the molecule is CCc1c(C2(O)CC2)ccc2c1OCCO2. The Labute approximate surface area is 95.0 Å². The molecular weight excluding hydrogens is 204 g/mol. The van der Waals surface area contributed by atoms with Gasteiger partial charge in [-0.15, -0.1) is 0 Å². The normalized spacial score (nSPS) is 20.6. The summed E-state index contributed by atoms with van der Waals surface area (Å²) in [5.74, 6) is 1.66. The van der Waals surface area contributed by atoms with E-state index in [1.54, 1.807) is 0 Å². The molecule has 86 valence electrons. The fourth-order valence-corrected chi connectivity index (χ4v) is 2.35. The molecular formula is C13H16O3. The Morgan fingerprint density at radius 1 is 1.25 bits per heavy atom. The van der Waals surface area contributed by atoms with Crippen LogP contribution in [0.15, 0.2) is 12.1 Å². The average Bonchev–Trinajstić information content (AvgIpc) is 3.07. The Hall–Kier alpha value is -1.22. The van der Waals surface area contributed by atoms with Crippen LogP contribution in [0.1, 0.15) is 30.9 Å². The van der Waals surface area contributed by atoms with Crippen LogP contribution in [0.2, 0.25) is 0 Å². The maximum Gasteiger partial charge on any atom is 0.164 e. The molecule has 1 saturated carbocycles. The molecule has 0 amide bonds. The lowest BCUT2D eigenvalue weighted by Gasteiger charge is -2.24. The highest BCUT2D eigenvalue weighted by Crippen LogP contribution is 2.50. The molecule has 3 rings (SSSR count). The molecule has 0 spiro atoms. The van der Waals surface area contributed by atoms with Crippen LogP contribution >= 0.6 is 0 Å². The van der Waals surface area contributed by atoms with Crippen LogP contribution in [-0.4, -0.2) is 18.3 Å². The lowest BCUT2D eigenvalue weighted by atomic mass is 9.97. The quantitative estimate of drug-likeness (QED) is 0.828. The van der Waals surface area contributed by atoms with Crippen molar-refractivity contribution in [3.8, 4) is 11.5 Å². The van der Waals surface area contributed by atoms with Crippen LogP contribution in [-0.2, 0) is 12.0 Å². The molecule has 0 saturated heterocycles. The summed E-state index contributed by atoms with van der Waals surface area (Å²) < 4.78 is 11.2. The third-order valence-corrected chi connectivity index (χ3v) is 3.39. The van der Waals surface area contributed by atoms with Gasteiger partial charge in [0.05, 0.1) is 5.60 Å². The third kappa shape index (κ3) is 1.39. The van der Waals surface area contributed by atoms with E-state index in [9.17, 15) is 5.11 Å². The Kier molecular flexibility index (Phi) is 2.11. The van der Waals surface area contributed by atoms with E-state index < -0.39 is 5.60 Å². The van der Waals surface area contributed by atoms with Gasteiger partial charge in [0.25, 0.3) is 0 Å². The first-order valence-corrected chi connectivity index (χ1v) is 5.89. The van der Waals surface area contributed by atoms with E-state index in [0.29, 0.717) is 13.2 Å². The third-order valence-electron chi connectivity index (χ3n) is 3.39. The van der Waals surface area contributed by atoms with E-state index in [4.69, 9.17) is 9.47 Å². The van der Waals surface area contributed by atoms with Crippen LogP contribution in [0.4, 0.5) is 0 Å². The van der Waals surface area contributed by atoms with Gasteiger partial charge < -0.3 is 14.6 Å². The van der Waals surface area contributed by atoms with Gasteiger partial charge in [-0.05, 0) is 30.9 Å². The maximum absolute atomic E-state index is 10.2. The van der Waals surface area contributed by atoms with Gasteiger partial charge in [0.15, 0.2) is 11.5 Å². The predicted molar refractivity (Wildman–Crippen MR) is 59.9 cm³/mol. The van der Waals surface area contributed by atoms with Gasteiger partial charge in [-0.2, -0.15) is 0 Å². The average molecular weight is 220 g/mol. The number of aliphatic hydroxyl groups is 1. The van der Waals surface area contributed by atoms with Crippen LogP contribution in [0, 0.1) is 0 Å². The second-order valence-electron chi connectivity index (χ2n) is 4.50. The van der Waals surface area contributed by atoms with Crippen molar-refractivity contribution in [3.63, 3.8) is 0 Å². The van der Waals surface area contributed by atoms with Crippen molar-refractivity contribution >= 4 is 0 Å². The van der Waals surface area contributed by atoms with Crippen molar-refractivity contribution in [3.05, 3.63) is 23.3 Å². The standard InChI is InChI=1S/C13H16O3/c1-2-9-10(13(14)5-6-13)3-4-11-12(9)16-8-7-15-11/h3-4,14H,2,5-8H2,1H3. The zero-order valence-corrected chi connectivity index (χ0v) is 9.45. The Bertz CT molecular complexity index is 421. The van der Waals surface area contributed by atoms with Crippen LogP contribution in [0.25, 0.3) is 0 Å². The molecule has 16 heavy (non-hydrogen) atoms. The maximum atomic E-state index is 10.2. The summed E-state index contributed by atoms with van der Waals surface area (Å²) in [6.07, 6.45) is 2.59. The smallest absolute Gasteiger partial charge is 0.164 e. The molecule has 1 aromatic rings. The van der Waals surface area contributed by atoms with Crippen LogP contribution in [0.5, 0.6) is 11.5 Å². The minimum Gasteiger partial charge on any atom is -0.486 e. The van der Waals surface area contributed by atoms with Crippen molar-refractivity contribution in [2.45, 2.75) is 31.8 Å². The highest BCUT2D eigenvalue weighted by Gasteiger charge is 2.44. The second kappa shape index (κ2) is 3.39. The number of fused-ring (bicyclic) bond motifs is 1. The zero-order chi connectivity index (χ0) is 11.2. The van der Waals surface area contributed by atoms with Gasteiger partial charge in [0, 0.05) is 5.56 Å². The first-order chi connectivity index (χ1) is 7.74. The van der Waals surface area contributed by atoms with Gasteiger partial charge in [-0.25, -0.2) is 0 Å². The van der Waals surface area contributed by atoms with Crippen molar-refractivity contribution in [2.24, 2.45) is 0 Å². The topological polar surface area (TPSA) is 38.7 Å². The predicted octanol–water partition coefficient (Wildman–Crippen LogP) is 2.00. The van der Waals surface area contributed by atoms with E-state index in [1.807, 2.05) is 12.1 Å². The monoisotopic (exact) mass is 220 g/mol. The van der Waals surface area contributed by atoms with Gasteiger partial charge in [0.1, 0.15) is 13.2 Å². The van der Waals surface area contributed by atoms with E-state index >= 15 is 0 Å². The molecule has 0 aromatic heterocycles. The summed E-state index contributed by atoms with van der Waals surface area (Å²) in [5, 5.41) is 10.2. The van der Waals surface area contributed by atoms with Crippen molar-refractivity contribution in [2.75, 3.05) is 13.2 Å². The minimum absolute atomic E-state index is 0.596. The van der Waals surface area contributed by atoms with Gasteiger partial charge in [-0.3, -0.25) is 0 Å². The molecule has 1 N–H and O–H groups in total. The fourth-order valence-electron chi connectivity index (χ4n) is 2.35. The molecule has 1 aliphatic heterocycles. The van der Waals surface area contributed by atoms with Gasteiger partial charge in [0.2, 0.25) is 0 Å². The summed E-state index contributed by atoms with van der Waals surface area (Å²) in [6, 6.07) is 3.90. The Morgan fingerprint density at radius 2 is 2.00 bits per heavy atom. The van der Waals surface area contributed by atoms with E-state index in [-0.39, 0.29) is 0 Å². The molecule has 1 heterocycles. The molecule has 0 bridgehead atoms. The van der Waals surface area contributed by atoms with E-state index in [2.05, 4.69) is 6.92 Å². The molecule has 2 aliphatic rings. The first-order valence-electron chi connectivity index (χ1n) is 5.89. The molecule has 1 fully saturated rings. The second-order valence-corrected chi connectivity index (χ2v) is 4.50.